The van der Waals surface area contributed by atoms with Gasteiger partial charge in [-0.25, -0.2) is 4.39 Å². The van der Waals surface area contributed by atoms with Crippen molar-refractivity contribution >= 4 is 10.9 Å². The minimum atomic E-state index is -0.278. The van der Waals surface area contributed by atoms with Crippen LogP contribution in [-0.4, -0.2) is 43.4 Å². The van der Waals surface area contributed by atoms with E-state index in [9.17, 15) is 4.39 Å². The van der Waals surface area contributed by atoms with Crippen LogP contribution in [0.15, 0.2) is 40.9 Å². The molecule has 5 nitrogen and oxygen atoms in total. The van der Waals surface area contributed by atoms with Gasteiger partial charge in [-0.05, 0) is 75.6 Å². The zero-order chi connectivity index (χ0) is 20.1. The number of halogens is 1. The lowest BCUT2D eigenvalue weighted by molar-refractivity contribution is 0.189. The van der Waals surface area contributed by atoms with Gasteiger partial charge in [0.2, 0.25) is 0 Å². The highest BCUT2D eigenvalue weighted by Gasteiger charge is 2.25. The third-order valence-corrected chi connectivity index (χ3v) is 5.56. The first kappa shape index (κ1) is 19.7. The first-order valence-corrected chi connectivity index (χ1v) is 10.2. The predicted octanol–water partition coefficient (Wildman–Crippen LogP) is 4.81. The molecule has 0 N–H and O–H groups in total. The van der Waals surface area contributed by atoms with Gasteiger partial charge in [-0.1, -0.05) is 11.2 Å². The van der Waals surface area contributed by atoms with Crippen LogP contribution in [0.1, 0.15) is 37.4 Å². The normalized spacial score (nSPS) is 15.7. The van der Waals surface area contributed by atoms with Crippen LogP contribution in [0.25, 0.3) is 10.9 Å². The van der Waals surface area contributed by atoms with E-state index in [-0.39, 0.29) is 5.82 Å². The summed E-state index contributed by atoms with van der Waals surface area (Å²) in [5, 5.41) is 4.97. The van der Waals surface area contributed by atoms with Crippen molar-refractivity contribution < 1.29 is 18.4 Å². The molecule has 3 aromatic rings. The number of rotatable bonds is 8. The summed E-state index contributed by atoms with van der Waals surface area (Å²) in [6, 6.07) is 13.2. The number of likely N-dealkylation sites (tertiary alicyclic amines) is 1. The molecule has 6 heteroatoms. The molecule has 0 spiro atoms. The Bertz CT molecular complexity index is 935. The van der Waals surface area contributed by atoms with Gasteiger partial charge in [-0.2, -0.15) is 0 Å². The number of fused-ring (bicyclic) bond motifs is 1. The molecule has 153 valence electrons. The fraction of sp³-hybridized carbons (Fsp3) is 0.435. The Morgan fingerprint density at radius 2 is 2.07 bits per heavy atom. The molecule has 29 heavy (non-hydrogen) atoms. The van der Waals surface area contributed by atoms with E-state index >= 15 is 0 Å². The van der Waals surface area contributed by atoms with Crippen molar-refractivity contribution in [2.75, 3.05) is 33.4 Å². The third kappa shape index (κ3) is 4.70. The second-order valence-electron chi connectivity index (χ2n) is 7.46. The first-order valence-electron chi connectivity index (χ1n) is 10.2. The molecule has 0 saturated carbocycles. The number of methoxy groups -OCH3 is 1. The van der Waals surface area contributed by atoms with Crippen molar-refractivity contribution in [1.29, 1.82) is 0 Å². The molecule has 1 aliphatic heterocycles. The highest BCUT2D eigenvalue weighted by atomic mass is 19.1. The van der Waals surface area contributed by atoms with Gasteiger partial charge in [0.05, 0.1) is 13.7 Å². The van der Waals surface area contributed by atoms with Crippen molar-refractivity contribution in [3.05, 3.63) is 54.0 Å². The lowest BCUT2D eigenvalue weighted by Crippen LogP contribution is -2.33. The van der Waals surface area contributed by atoms with Crippen molar-refractivity contribution in [3.8, 4) is 11.5 Å². The van der Waals surface area contributed by atoms with Crippen LogP contribution < -0.4 is 9.47 Å². The van der Waals surface area contributed by atoms with Crippen LogP contribution in [0.5, 0.6) is 11.5 Å². The van der Waals surface area contributed by atoms with Gasteiger partial charge < -0.3 is 18.9 Å². The van der Waals surface area contributed by atoms with Crippen LogP contribution in [0.2, 0.25) is 0 Å². The highest BCUT2D eigenvalue weighted by Crippen LogP contribution is 2.33. The molecule has 1 saturated heterocycles. The van der Waals surface area contributed by atoms with Gasteiger partial charge in [0.15, 0.2) is 11.5 Å². The Hall–Kier alpha value is -2.60. The predicted molar refractivity (Wildman–Crippen MR) is 109 cm³/mol. The van der Waals surface area contributed by atoms with E-state index in [0.29, 0.717) is 18.0 Å². The minimum Gasteiger partial charge on any atom is -0.493 e. The SMILES string of the molecule is COc1c[c]ccc1OCCCCN1CCC(c2onc3cc(F)ccc23)CC1. The van der Waals surface area contributed by atoms with Gasteiger partial charge in [0.1, 0.15) is 17.1 Å². The largest absolute Gasteiger partial charge is 0.493 e. The monoisotopic (exact) mass is 397 g/mol. The number of piperidine rings is 1. The Morgan fingerprint density at radius 3 is 2.90 bits per heavy atom. The van der Waals surface area contributed by atoms with Crippen molar-refractivity contribution in [1.82, 2.24) is 10.1 Å². The van der Waals surface area contributed by atoms with Crippen molar-refractivity contribution in [3.63, 3.8) is 0 Å². The molecule has 2 aromatic carbocycles. The summed E-state index contributed by atoms with van der Waals surface area (Å²) in [5.41, 5.74) is 0.607. The van der Waals surface area contributed by atoms with E-state index in [1.54, 1.807) is 19.2 Å². The van der Waals surface area contributed by atoms with E-state index < -0.39 is 0 Å². The molecule has 1 radical (unpaired) electrons. The van der Waals surface area contributed by atoms with Crippen LogP contribution in [0, 0.1) is 11.9 Å². The molecular weight excluding hydrogens is 371 g/mol. The summed E-state index contributed by atoms with van der Waals surface area (Å²) in [6.07, 6.45) is 4.17. The smallest absolute Gasteiger partial charge is 0.161 e. The van der Waals surface area contributed by atoms with Gasteiger partial charge in [-0.15, -0.1) is 0 Å². The van der Waals surface area contributed by atoms with Crippen LogP contribution in [0.3, 0.4) is 0 Å². The average molecular weight is 397 g/mol. The Morgan fingerprint density at radius 1 is 1.21 bits per heavy atom. The molecular formula is C23H26FN2O3. The molecule has 4 rings (SSSR count). The van der Waals surface area contributed by atoms with E-state index in [2.05, 4.69) is 16.1 Å². The zero-order valence-corrected chi connectivity index (χ0v) is 16.7. The Labute approximate surface area is 170 Å². The van der Waals surface area contributed by atoms with Gasteiger partial charge >= 0.3 is 0 Å². The molecule has 0 atom stereocenters. The molecule has 0 aliphatic carbocycles. The van der Waals surface area contributed by atoms with E-state index in [0.717, 1.165) is 68.0 Å². The highest BCUT2D eigenvalue weighted by molar-refractivity contribution is 5.80. The number of hydrogen-bond acceptors (Lipinski definition) is 5. The number of hydrogen-bond donors (Lipinski definition) is 0. The molecule has 0 bridgehead atoms. The maximum atomic E-state index is 13.3. The second-order valence-corrected chi connectivity index (χ2v) is 7.46. The molecule has 2 heterocycles. The zero-order valence-electron chi connectivity index (χ0n) is 16.7. The Balaban J connectivity index is 1.19. The summed E-state index contributed by atoms with van der Waals surface area (Å²) in [7, 11) is 1.64. The Kier molecular flexibility index (Phi) is 6.30. The van der Waals surface area contributed by atoms with Crippen LogP contribution >= 0.6 is 0 Å². The first-order chi connectivity index (χ1) is 14.2. The summed E-state index contributed by atoms with van der Waals surface area (Å²) >= 11 is 0. The fourth-order valence-electron chi connectivity index (χ4n) is 3.95. The summed E-state index contributed by atoms with van der Waals surface area (Å²) in [6.45, 7) is 3.82. The number of benzene rings is 2. The maximum Gasteiger partial charge on any atom is 0.161 e. The number of nitrogens with zero attached hydrogens (tertiary/aromatic N) is 2. The molecule has 0 unspecified atom stereocenters. The number of unbranched alkanes of at least 4 members (excludes halogenated alkanes) is 1. The quantitative estimate of drug-likeness (QED) is 0.510. The molecule has 0 amide bonds. The van der Waals surface area contributed by atoms with Crippen molar-refractivity contribution in [2.24, 2.45) is 0 Å². The average Bonchev–Trinajstić information content (AvgIpc) is 3.17. The number of aromatic nitrogens is 1. The maximum absolute atomic E-state index is 13.3. The van der Waals surface area contributed by atoms with Gasteiger partial charge in [0.25, 0.3) is 0 Å². The van der Waals surface area contributed by atoms with E-state index in [4.69, 9.17) is 14.0 Å². The second kappa shape index (κ2) is 9.27. The lowest BCUT2D eigenvalue weighted by atomic mass is 9.92. The molecule has 1 aromatic heterocycles. The minimum absolute atomic E-state index is 0.278. The summed E-state index contributed by atoms with van der Waals surface area (Å²) < 4.78 is 30.0. The van der Waals surface area contributed by atoms with E-state index in [1.807, 2.05) is 12.1 Å². The third-order valence-electron chi connectivity index (χ3n) is 5.56. The van der Waals surface area contributed by atoms with Crippen molar-refractivity contribution in [2.45, 2.75) is 31.6 Å². The van der Waals surface area contributed by atoms with Gasteiger partial charge in [0, 0.05) is 17.4 Å². The standard InChI is InChI=1S/C23H26FN2O3/c1-27-21-6-2-3-7-22(21)28-15-5-4-12-26-13-10-17(11-14-26)23-19-9-8-18(24)16-20(19)25-29-23/h3,6-9,16-17H,4-5,10-15H2,1H3. The van der Waals surface area contributed by atoms with Crippen LogP contribution in [0.4, 0.5) is 4.39 Å². The lowest BCUT2D eigenvalue weighted by Gasteiger charge is -2.30. The van der Waals surface area contributed by atoms with Gasteiger partial charge in [-0.3, -0.25) is 0 Å². The number of ether oxygens (including phenoxy) is 2. The topological polar surface area (TPSA) is 47.7 Å². The van der Waals surface area contributed by atoms with E-state index in [1.165, 1.54) is 12.1 Å². The molecule has 1 aliphatic rings. The summed E-state index contributed by atoms with van der Waals surface area (Å²) in [5.74, 6) is 2.47. The molecule has 1 fully saturated rings. The summed E-state index contributed by atoms with van der Waals surface area (Å²) in [4.78, 5) is 2.49. The van der Waals surface area contributed by atoms with Crippen LogP contribution in [-0.2, 0) is 0 Å². The fourth-order valence-corrected chi connectivity index (χ4v) is 3.95.